The minimum Gasteiger partial charge on any atom is -0.379 e. The van der Waals surface area contributed by atoms with Gasteiger partial charge in [0.15, 0.2) is 5.78 Å². The van der Waals surface area contributed by atoms with E-state index in [0.29, 0.717) is 32.7 Å². The summed E-state index contributed by atoms with van der Waals surface area (Å²) in [6.45, 7) is 8.97. The maximum atomic E-state index is 12.2. The number of ketones is 2. The van der Waals surface area contributed by atoms with Crippen LogP contribution in [0.25, 0.3) is 0 Å². The van der Waals surface area contributed by atoms with Crippen LogP contribution in [0.3, 0.4) is 0 Å². The van der Waals surface area contributed by atoms with Crippen molar-refractivity contribution in [3.8, 4) is 0 Å². The molecule has 1 saturated heterocycles. The molecule has 2 amide bonds. The van der Waals surface area contributed by atoms with E-state index in [2.05, 4.69) is 0 Å². The van der Waals surface area contributed by atoms with Crippen molar-refractivity contribution in [1.29, 1.82) is 0 Å². The number of rotatable bonds is 14. The van der Waals surface area contributed by atoms with Gasteiger partial charge in [-0.3, -0.25) is 24.1 Å². The highest BCUT2D eigenvalue weighted by molar-refractivity contribution is 6.03. The summed E-state index contributed by atoms with van der Waals surface area (Å²) in [4.78, 5) is 48.6. The van der Waals surface area contributed by atoms with Gasteiger partial charge in [0.25, 0.3) is 0 Å². The predicted octanol–water partition coefficient (Wildman–Crippen LogP) is 2.02. The number of ether oxygens (including phenoxy) is 2. The summed E-state index contributed by atoms with van der Waals surface area (Å²) in [5, 5.41) is 0. The molecule has 0 aliphatic carbocycles. The van der Waals surface area contributed by atoms with Crippen molar-refractivity contribution >= 4 is 23.4 Å². The molecule has 0 saturated carbocycles. The van der Waals surface area contributed by atoms with Crippen LogP contribution in [0.4, 0.5) is 0 Å². The Hall–Kier alpha value is -1.60. The Morgan fingerprint density at radius 1 is 1.04 bits per heavy atom. The fourth-order valence-corrected chi connectivity index (χ4v) is 2.76. The van der Waals surface area contributed by atoms with Crippen LogP contribution in [0.1, 0.15) is 53.4 Å². The minimum atomic E-state index is -0.251. The number of hydrogen-bond donors (Lipinski definition) is 0. The van der Waals surface area contributed by atoms with E-state index in [0.717, 1.165) is 0 Å². The highest BCUT2D eigenvalue weighted by atomic mass is 16.5. The Morgan fingerprint density at radius 2 is 1.70 bits per heavy atom. The van der Waals surface area contributed by atoms with Gasteiger partial charge in [-0.15, -0.1) is 0 Å². The zero-order valence-electron chi connectivity index (χ0n) is 17.0. The Labute approximate surface area is 161 Å². The molecule has 7 heteroatoms. The highest BCUT2D eigenvalue weighted by Gasteiger charge is 2.39. The second-order valence-electron chi connectivity index (χ2n) is 7.62. The summed E-state index contributed by atoms with van der Waals surface area (Å²) in [7, 11) is 0. The van der Waals surface area contributed by atoms with E-state index in [4.69, 9.17) is 9.47 Å². The maximum Gasteiger partial charge on any atom is 0.233 e. The summed E-state index contributed by atoms with van der Waals surface area (Å²) in [6, 6.07) is 0. The van der Waals surface area contributed by atoms with E-state index in [1.165, 1.54) is 4.90 Å². The number of carbonyl (C=O) groups is 4. The van der Waals surface area contributed by atoms with Crippen molar-refractivity contribution in [2.75, 3.05) is 33.0 Å². The summed E-state index contributed by atoms with van der Waals surface area (Å²) in [5.74, 6) is -0.390. The number of imide groups is 1. The van der Waals surface area contributed by atoms with E-state index in [1.807, 2.05) is 27.7 Å². The zero-order chi connectivity index (χ0) is 20.4. The van der Waals surface area contributed by atoms with Crippen molar-refractivity contribution in [3.63, 3.8) is 0 Å². The molecular formula is C20H33NO6. The summed E-state index contributed by atoms with van der Waals surface area (Å²) in [6.07, 6.45) is 1.39. The van der Waals surface area contributed by atoms with Crippen molar-refractivity contribution in [2.45, 2.75) is 53.4 Å². The van der Waals surface area contributed by atoms with Gasteiger partial charge in [0.1, 0.15) is 12.4 Å². The fraction of sp³-hybridized carbons (Fsp3) is 0.800. The van der Waals surface area contributed by atoms with E-state index < -0.39 is 0 Å². The van der Waals surface area contributed by atoms with Gasteiger partial charge in [0, 0.05) is 44.2 Å². The summed E-state index contributed by atoms with van der Waals surface area (Å²) in [5.41, 5.74) is 0. The molecule has 0 aromatic carbocycles. The number of likely N-dealkylation sites (tertiary alicyclic amines) is 1. The number of nitrogens with zero attached hydrogens (tertiary/aromatic N) is 1. The second kappa shape index (κ2) is 12.0. The van der Waals surface area contributed by atoms with Gasteiger partial charge in [-0.25, -0.2) is 0 Å². The summed E-state index contributed by atoms with van der Waals surface area (Å²) >= 11 is 0. The predicted molar refractivity (Wildman–Crippen MR) is 100 cm³/mol. The molecule has 1 rings (SSSR count). The molecule has 1 heterocycles. The van der Waals surface area contributed by atoms with Crippen LogP contribution in [0.2, 0.25) is 0 Å². The fourth-order valence-electron chi connectivity index (χ4n) is 2.76. The Kier molecular flexibility index (Phi) is 10.4. The maximum absolute atomic E-state index is 12.2. The number of carbonyl (C=O) groups excluding carboxylic acids is 4. The van der Waals surface area contributed by atoms with E-state index in [9.17, 15) is 19.2 Å². The lowest BCUT2D eigenvalue weighted by Crippen LogP contribution is -2.33. The lowest BCUT2D eigenvalue weighted by atomic mass is 9.94. The number of hydrogen-bond acceptors (Lipinski definition) is 6. The number of Topliss-reactive ketones (excluding diaryl/α,β-unsaturated/α-hetero) is 2. The molecule has 0 bridgehead atoms. The summed E-state index contributed by atoms with van der Waals surface area (Å²) < 4.78 is 10.6. The van der Waals surface area contributed by atoms with Gasteiger partial charge in [-0.05, 0) is 12.3 Å². The molecular weight excluding hydrogens is 350 g/mol. The van der Waals surface area contributed by atoms with Gasteiger partial charge in [0.05, 0.1) is 13.2 Å². The van der Waals surface area contributed by atoms with Crippen LogP contribution in [-0.2, 0) is 28.7 Å². The molecule has 1 fully saturated rings. The van der Waals surface area contributed by atoms with E-state index >= 15 is 0 Å². The van der Waals surface area contributed by atoms with E-state index in [-0.39, 0.29) is 67.1 Å². The zero-order valence-corrected chi connectivity index (χ0v) is 17.0. The van der Waals surface area contributed by atoms with Gasteiger partial charge in [0.2, 0.25) is 11.8 Å². The molecule has 0 aromatic heterocycles. The second-order valence-corrected chi connectivity index (χ2v) is 7.62. The van der Waals surface area contributed by atoms with Crippen LogP contribution < -0.4 is 0 Å². The van der Waals surface area contributed by atoms with Gasteiger partial charge in [-0.1, -0.05) is 27.7 Å². The molecule has 154 valence electrons. The van der Waals surface area contributed by atoms with Crippen LogP contribution in [0, 0.1) is 17.8 Å². The van der Waals surface area contributed by atoms with Crippen molar-refractivity contribution < 1.29 is 28.7 Å². The molecule has 0 spiro atoms. The van der Waals surface area contributed by atoms with Crippen LogP contribution in [-0.4, -0.2) is 61.3 Å². The van der Waals surface area contributed by atoms with Crippen molar-refractivity contribution in [3.05, 3.63) is 0 Å². The molecule has 0 radical (unpaired) electrons. The first kappa shape index (κ1) is 23.4. The molecule has 7 nitrogen and oxygen atoms in total. The first-order chi connectivity index (χ1) is 12.7. The minimum absolute atomic E-state index is 0.0194. The lowest BCUT2D eigenvalue weighted by molar-refractivity contribution is -0.140. The Balaban J connectivity index is 2.07. The molecule has 1 atom stereocenters. The first-order valence-corrected chi connectivity index (χ1v) is 9.78. The Morgan fingerprint density at radius 3 is 2.30 bits per heavy atom. The van der Waals surface area contributed by atoms with Gasteiger partial charge >= 0.3 is 0 Å². The van der Waals surface area contributed by atoms with E-state index in [1.54, 1.807) is 0 Å². The Bertz CT molecular complexity index is 529. The van der Waals surface area contributed by atoms with Crippen molar-refractivity contribution in [1.82, 2.24) is 4.90 Å². The molecule has 0 aromatic rings. The smallest absolute Gasteiger partial charge is 0.233 e. The average Bonchev–Trinajstić information content (AvgIpc) is 2.89. The van der Waals surface area contributed by atoms with Gasteiger partial charge in [-0.2, -0.15) is 0 Å². The largest absolute Gasteiger partial charge is 0.379 e. The molecule has 1 aliphatic rings. The first-order valence-electron chi connectivity index (χ1n) is 9.78. The molecule has 1 aliphatic heterocycles. The molecule has 0 N–H and O–H groups in total. The standard InChI is InChI=1S/C20H33NO6/c1-14(2)17-12-19(24)21(20(17)25)8-7-16(22)6-5-9-26-10-11-27-13-18(23)15(3)4/h14-15,17H,5-13H2,1-4H3. The third-order valence-corrected chi connectivity index (χ3v) is 4.70. The molecule has 1 unspecified atom stereocenters. The molecule has 27 heavy (non-hydrogen) atoms. The SMILES string of the molecule is CC(C)C(=O)COCCOCCCC(=O)CCN1C(=O)CC(C(C)C)C1=O. The normalized spacial score (nSPS) is 17.4. The topological polar surface area (TPSA) is 90.0 Å². The third kappa shape index (κ3) is 8.30. The van der Waals surface area contributed by atoms with Gasteiger partial charge < -0.3 is 9.47 Å². The van der Waals surface area contributed by atoms with Crippen LogP contribution in [0.5, 0.6) is 0 Å². The quantitative estimate of drug-likeness (QED) is 0.337. The lowest BCUT2D eigenvalue weighted by Gasteiger charge is -2.15. The average molecular weight is 383 g/mol. The van der Waals surface area contributed by atoms with Crippen LogP contribution >= 0.6 is 0 Å². The highest BCUT2D eigenvalue weighted by Crippen LogP contribution is 2.26. The third-order valence-electron chi connectivity index (χ3n) is 4.70. The number of amides is 2. The van der Waals surface area contributed by atoms with Crippen LogP contribution in [0.15, 0.2) is 0 Å². The van der Waals surface area contributed by atoms with Crippen molar-refractivity contribution in [2.24, 2.45) is 17.8 Å². The monoisotopic (exact) mass is 383 g/mol.